The minimum absolute atomic E-state index is 0.0947. The van der Waals surface area contributed by atoms with Crippen molar-refractivity contribution in [3.05, 3.63) is 59.9 Å². The molecule has 1 heterocycles. The van der Waals surface area contributed by atoms with E-state index in [-0.39, 0.29) is 5.75 Å². The number of ketones is 1. The summed E-state index contributed by atoms with van der Waals surface area (Å²) in [5.74, 6) is -0.296. The third-order valence-electron chi connectivity index (χ3n) is 2.42. The van der Waals surface area contributed by atoms with Crippen molar-refractivity contribution in [2.75, 3.05) is 0 Å². The van der Waals surface area contributed by atoms with Gasteiger partial charge in [-0.15, -0.1) is 0 Å². The molecule has 0 amide bonds. The molecule has 0 spiro atoms. The van der Waals surface area contributed by atoms with Crippen LogP contribution >= 0.6 is 0 Å². The summed E-state index contributed by atoms with van der Waals surface area (Å²) in [7, 11) is 0. The fourth-order valence-corrected chi connectivity index (χ4v) is 1.48. The number of carbonyl (C=O) groups is 1. The fourth-order valence-electron chi connectivity index (χ4n) is 1.48. The fraction of sp³-hybridized carbons (Fsp3) is 0.0769. The summed E-state index contributed by atoms with van der Waals surface area (Å²) in [4.78, 5) is 15.7. The number of nitrogens with zero attached hydrogens (tertiary/aromatic N) is 1. The van der Waals surface area contributed by atoms with E-state index in [1.54, 1.807) is 12.1 Å². The van der Waals surface area contributed by atoms with Crippen LogP contribution < -0.4 is 0 Å². The number of Topliss-reactive ketones (excluding diaryl/α,β-unsaturated/α-hetero) is 1. The lowest BCUT2D eigenvalue weighted by Crippen LogP contribution is -2.12. The molecule has 0 saturated carbocycles. The summed E-state index contributed by atoms with van der Waals surface area (Å²) in [5, 5.41) is 19.0. The van der Waals surface area contributed by atoms with Crippen molar-refractivity contribution in [2.45, 2.75) is 6.10 Å². The molecule has 4 heteroatoms. The number of phenolic OH excluding ortho intramolecular Hbond substituents is 1. The number of phenols is 1. The van der Waals surface area contributed by atoms with Gasteiger partial charge in [0.2, 0.25) is 0 Å². The van der Waals surface area contributed by atoms with E-state index in [2.05, 4.69) is 4.98 Å². The summed E-state index contributed by atoms with van der Waals surface area (Å²) in [6.45, 7) is 0. The molecular weight excluding hydrogens is 218 g/mol. The molecule has 0 radical (unpaired) electrons. The number of carbonyl (C=O) groups excluding carboxylic acids is 1. The van der Waals surface area contributed by atoms with Crippen molar-refractivity contribution < 1.29 is 15.0 Å². The van der Waals surface area contributed by atoms with Crippen LogP contribution in [0.5, 0.6) is 5.75 Å². The second-order valence-corrected chi connectivity index (χ2v) is 3.59. The highest BCUT2D eigenvalue weighted by Crippen LogP contribution is 2.20. The third-order valence-corrected chi connectivity index (χ3v) is 2.42. The van der Waals surface area contributed by atoms with Gasteiger partial charge in [-0.25, -0.2) is 0 Å². The molecule has 1 atom stereocenters. The Morgan fingerprint density at radius 2 is 1.65 bits per heavy atom. The predicted octanol–water partition coefficient (Wildman–Crippen LogP) is 1.70. The molecule has 0 saturated heterocycles. The number of pyridine rings is 1. The molecule has 17 heavy (non-hydrogen) atoms. The minimum atomic E-state index is -1.22. The lowest BCUT2D eigenvalue weighted by molar-refractivity contribution is 0.0747. The van der Waals surface area contributed by atoms with Gasteiger partial charge in [-0.3, -0.25) is 9.78 Å². The Kier molecular flexibility index (Phi) is 3.16. The Balaban J connectivity index is 2.23. The highest BCUT2D eigenvalue weighted by molar-refractivity contribution is 5.99. The molecule has 0 aliphatic carbocycles. The van der Waals surface area contributed by atoms with Gasteiger partial charge in [-0.2, -0.15) is 0 Å². The van der Waals surface area contributed by atoms with Crippen LogP contribution in [0.2, 0.25) is 0 Å². The molecule has 0 aliphatic rings. The first-order valence-electron chi connectivity index (χ1n) is 5.10. The van der Waals surface area contributed by atoms with Gasteiger partial charge < -0.3 is 10.2 Å². The van der Waals surface area contributed by atoms with Crippen LogP contribution in [0.4, 0.5) is 0 Å². The Bertz CT molecular complexity index is 508. The highest BCUT2D eigenvalue weighted by Gasteiger charge is 2.18. The summed E-state index contributed by atoms with van der Waals surface area (Å²) in [5.41, 5.74) is 0.852. The van der Waals surface area contributed by atoms with E-state index in [1.807, 2.05) is 0 Å². The molecule has 0 bridgehead atoms. The Morgan fingerprint density at radius 1 is 1.06 bits per heavy atom. The minimum Gasteiger partial charge on any atom is -0.508 e. The highest BCUT2D eigenvalue weighted by atomic mass is 16.3. The normalized spacial score (nSPS) is 12.1. The van der Waals surface area contributed by atoms with E-state index >= 15 is 0 Å². The topological polar surface area (TPSA) is 70.4 Å². The van der Waals surface area contributed by atoms with E-state index in [9.17, 15) is 9.90 Å². The van der Waals surface area contributed by atoms with Crippen molar-refractivity contribution in [3.8, 4) is 5.75 Å². The Labute approximate surface area is 98.2 Å². The van der Waals surface area contributed by atoms with Gasteiger partial charge in [-0.05, 0) is 29.8 Å². The molecule has 1 aromatic heterocycles. The quantitative estimate of drug-likeness (QED) is 0.786. The van der Waals surface area contributed by atoms with Crippen LogP contribution in [-0.4, -0.2) is 21.0 Å². The van der Waals surface area contributed by atoms with Crippen LogP contribution in [-0.2, 0) is 0 Å². The second kappa shape index (κ2) is 4.76. The Hall–Kier alpha value is -2.20. The monoisotopic (exact) mass is 229 g/mol. The van der Waals surface area contributed by atoms with Crippen molar-refractivity contribution >= 4 is 5.78 Å². The first-order chi connectivity index (χ1) is 8.18. The van der Waals surface area contributed by atoms with Crippen molar-refractivity contribution in [1.82, 2.24) is 4.98 Å². The smallest absolute Gasteiger partial charge is 0.195 e. The van der Waals surface area contributed by atoms with Crippen LogP contribution in [0.3, 0.4) is 0 Å². The van der Waals surface area contributed by atoms with Crippen molar-refractivity contribution in [1.29, 1.82) is 0 Å². The van der Waals surface area contributed by atoms with Crippen molar-refractivity contribution in [3.63, 3.8) is 0 Å². The maximum atomic E-state index is 11.9. The maximum Gasteiger partial charge on any atom is 0.195 e. The van der Waals surface area contributed by atoms with E-state index in [1.165, 1.54) is 36.7 Å². The van der Waals surface area contributed by atoms with Gasteiger partial charge in [0, 0.05) is 18.0 Å². The van der Waals surface area contributed by atoms with E-state index in [0.29, 0.717) is 11.1 Å². The summed E-state index contributed by atoms with van der Waals surface area (Å²) in [6.07, 6.45) is 1.77. The molecular formula is C13H11NO3. The number of hydrogen-bond donors (Lipinski definition) is 2. The van der Waals surface area contributed by atoms with Crippen LogP contribution in [0.15, 0.2) is 48.8 Å². The Morgan fingerprint density at radius 3 is 2.24 bits per heavy atom. The number of aromatic hydroxyl groups is 1. The maximum absolute atomic E-state index is 11.9. The standard InChI is InChI=1S/C13H11NO3/c15-11-3-1-9(2-4-11)12(16)13(17)10-5-7-14-8-6-10/h1-8,12,15-16H. The molecule has 1 aromatic carbocycles. The van der Waals surface area contributed by atoms with Crippen LogP contribution in [0.25, 0.3) is 0 Å². The predicted molar refractivity (Wildman–Crippen MR) is 61.6 cm³/mol. The van der Waals surface area contributed by atoms with Gasteiger partial charge >= 0.3 is 0 Å². The van der Waals surface area contributed by atoms with Gasteiger partial charge in [0.15, 0.2) is 5.78 Å². The molecule has 2 aromatic rings. The second-order valence-electron chi connectivity index (χ2n) is 3.59. The van der Waals surface area contributed by atoms with Gasteiger partial charge in [0.05, 0.1) is 0 Å². The average molecular weight is 229 g/mol. The van der Waals surface area contributed by atoms with Crippen LogP contribution in [0.1, 0.15) is 22.0 Å². The molecule has 0 aliphatic heterocycles. The molecule has 2 N–H and O–H groups in total. The SMILES string of the molecule is O=C(c1ccncc1)C(O)c1ccc(O)cc1. The summed E-state index contributed by atoms with van der Waals surface area (Å²) >= 11 is 0. The number of hydrogen-bond acceptors (Lipinski definition) is 4. The zero-order valence-electron chi connectivity index (χ0n) is 8.95. The number of aliphatic hydroxyl groups excluding tert-OH is 1. The molecule has 4 nitrogen and oxygen atoms in total. The van der Waals surface area contributed by atoms with Crippen LogP contribution in [0, 0.1) is 0 Å². The first kappa shape index (κ1) is 11.3. The molecule has 1 unspecified atom stereocenters. The number of rotatable bonds is 3. The largest absolute Gasteiger partial charge is 0.508 e. The lowest BCUT2D eigenvalue weighted by atomic mass is 10.0. The average Bonchev–Trinajstić information content (AvgIpc) is 2.39. The van der Waals surface area contributed by atoms with Gasteiger partial charge in [-0.1, -0.05) is 12.1 Å². The first-order valence-corrected chi connectivity index (χ1v) is 5.10. The number of aromatic nitrogens is 1. The van der Waals surface area contributed by atoms with Gasteiger partial charge in [0.25, 0.3) is 0 Å². The zero-order chi connectivity index (χ0) is 12.3. The van der Waals surface area contributed by atoms with E-state index in [4.69, 9.17) is 5.11 Å². The number of benzene rings is 1. The molecule has 0 fully saturated rings. The number of aliphatic hydroxyl groups is 1. The molecule has 2 rings (SSSR count). The lowest BCUT2D eigenvalue weighted by Gasteiger charge is -2.09. The molecule has 86 valence electrons. The zero-order valence-corrected chi connectivity index (χ0v) is 8.95. The van der Waals surface area contributed by atoms with Crippen molar-refractivity contribution in [2.24, 2.45) is 0 Å². The van der Waals surface area contributed by atoms with Gasteiger partial charge in [0.1, 0.15) is 11.9 Å². The summed E-state index contributed by atoms with van der Waals surface area (Å²) in [6, 6.07) is 8.98. The van der Waals surface area contributed by atoms with E-state index in [0.717, 1.165) is 0 Å². The van der Waals surface area contributed by atoms with E-state index < -0.39 is 11.9 Å². The third kappa shape index (κ3) is 2.49. The summed E-state index contributed by atoms with van der Waals surface area (Å²) < 4.78 is 0.